The lowest BCUT2D eigenvalue weighted by Crippen LogP contribution is -2.54. The third-order valence-electron chi connectivity index (χ3n) is 17.3. The Morgan fingerprint density at radius 2 is 1.77 bits per heavy atom. The summed E-state index contributed by atoms with van der Waals surface area (Å²) in [5.74, 6) is 0.0226. The number of amides is 1. The minimum Gasteiger partial charge on any atom is -0.489 e. The van der Waals surface area contributed by atoms with Gasteiger partial charge >= 0.3 is 0 Å². The molecule has 2 saturated carbocycles. The number of aromatic nitrogens is 2. The van der Waals surface area contributed by atoms with Gasteiger partial charge in [0.05, 0.1) is 46.3 Å². The number of anilines is 2. The molecule has 400 valence electrons. The smallest absolute Gasteiger partial charge is 0.297 e. The first-order valence-corrected chi connectivity index (χ1v) is 28.3. The fourth-order valence-corrected chi connectivity index (χ4v) is 13.7. The van der Waals surface area contributed by atoms with Gasteiger partial charge in [-0.3, -0.25) is 24.7 Å². The summed E-state index contributed by atoms with van der Waals surface area (Å²) in [7, 11) is -2.72. The molecule has 75 heavy (non-hydrogen) atoms. The number of piperidine rings is 1. The zero-order valence-corrected chi connectivity index (χ0v) is 44.2. The van der Waals surface area contributed by atoms with Crippen molar-refractivity contribution in [3.8, 4) is 23.1 Å². The second-order valence-corrected chi connectivity index (χ2v) is 24.3. The van der Waals surface area contributed by atoms with E-state index in [9.17, 15) is 28.4 Å². The molecule has 0 radical (unpaired) electrons. The zero-order valence-electron chi connectivity index (χ0n) is 43.4. The molecule has 11 rings (SSSR count). The number of likely N-dealkylation sites (tertiary alicyclic amines) is 1. The molecule has 4 aliphatic heterocycles. The van der Waals surface area contributed by atoms with Gasteiger partial charge in [0, 0.05) is 67.2 Å². The quantitative estimate of drug-likeness (QED) is 0.0604. The number of nitro groups is 1. The minimum atomic E-state index is -4.73. The number of sulfonamides is 1. The second kappa shape index (κ2) is 20.5. The predicted molar refractivity (Wildman–Crippen MR) is 285 cm³/mol. The summed E-state index contributed by atoms with van der Waals surface area (Å²) in [4.78, 5) is 41.0. The number of carbonyl (C=O) groups is 1. The first-order chi connectivity index (χ1) is 36.0. The Morgan fingerprint density at radius 3 is 2.53 bits per heavy atom. The molecule has 5 aromatic rings. The number of fused-ring (bicyclic) bond motifs is 2. The lowest BCUT2D eigenvalue weighted by atomic mass is 9.59. The third-order valence-corrected chi connectivity index (χ3v) is 18.6. The van der Waals surface area contributed by atoms with E-state index >= 15 is 0 Å². The van der Waals surface area contributed by atoms with E-state index in [1.54, 1.807) is 24.4 Å². The lowest BCUT2D eigenvalue weighted by molar-refractivity contribution is -0.384. The van der Waals surface area contributed by atoms with Crippen LogP contribution >= 0.6 is 0 Å². The summed E-state index contributed by atoms with van der Waals surface area (Å²) in [6.45, 7) is 11.3. The molecule has 19 heteroatoms. The number of carbonyl (C=O) groups excluding carboxylic acids is 1. The Bertz CT molecular complexity index is 3050. The average Bonchev–Trinajstić information content (AvgIpc) is 4.07. The van der Waals surface area contributed by atoms with Crippen molar-refractivity contribution >= 4 is 44.0 Å². The van der Waals surface area contributed by atoms with Crippen molar-refractivity contribution in [2.75, 3.05) is 69.9 Å². The van der Waals surface area contributed by atoms with E-state index in [4.69, 9.17) is 23.9 Å². The number of pyridine rings is 1. The normalized spacial score (nSPS) is 25.3. The summed E-state index contributed by atoms with van der Waals surface area (Å²) in [6.07, 6.45) is 11.1. The number of H-pyrrole nitrogens is 1. The molecule has 2 aliphatic carbocycles. The number of likely N-dealkylation sites (N-methyl/N-ethyl adjacent to an activating group) is 1. The number of benzene rings is 3. The highest BCUT2D eigenvalue weighted by molar-refractivity contribution is 7.90. The standard InChI is InChI=1S/C56H70N8O10S/c1-35(2)42-8-5-6-9-43(42)46-10-7-21-63(46)39-30-56(31-39)18-22-62(23-19-56)38-11-12-44(48(27-38)74-50-26-37-15-20-57-52(37)59-54(50)73-33-40-32-71-25-24-61(40)4)53(65)60-75(69,70)41-28-47(64(67)68)51-49(29-41)72-34-45(58-51)36-13-16-55(3,66)17-14-36/h5-6,8-9,11-12,15,20,26-29,35-36,39-40,45-46,58,66H,7,10,13-14,16-19,21-25,30-34H2,1-4H3,(H,57,59)(H,60,65)/t36-,40-,45-,46+,55-/m1/s1. The third kappa shape index (κ3) is 10.5. The van der Waals surface area contributed by atoms with Gasteiger partial charge in [-0.05, 0) is 137 Å². The van der Waals surface area contributed by atoms with Crippen LogP contribution < -0.4 is 29.1 Å². The minimum absolute atomic E-state index is 0.0102. The number of morpholine rings is 1. The average molecular weight is 1050 g/mol. The second-order valence-electron chi connectivity index (χ2n) is 22.6. The van der Waals surface area contributed by atoms with E-state index in [0.29, 0.717) is 62.5 Å². The summed E-state index contributed by atoms with van der Waals surface area (Å²) in [5, 5.41) is 27.0. The van der Waals surface area contributed by atoms with Gasteiger partial charge in [-0.25, -0.2) is 13.1 Å². The van der Waals surface area contributed by atoms with Gasteiger partial charge in [0.15, 0.2) is 17.2 Å². The molecule has 2 aromatic heterocycles. The number of rotatable bonds is 14. The highest BCUT2D eigenvalue weighted by Crippen LogP contribution is 2.55. The van der Waals surface area contributed by atoms with Crippen LogP contribution in [0.2, 0.25) is 0 Å². The topological polar surface area (TPSA) is 214 Å². The number of hydrogen-bond donors (Lipinski definition) is 4. The Kier molecular flexibility index (Phi) is 14.0. The van der Waals surface area contributed by atoms with Gasteiger partial charge in [0.1, 0.15) is 24.6 Å². The SMILES string of the molecule is CC(C)c1ccccc1[C@@H]1CCCN1C1CC2(CCN(c3ccc(C(=O)NS(=O)(=O)c4cc5c(c([N+](=O)[O-])c4)N[C@@H]([C@H]4CC[C@](C)(O)CC4)CO5)c(Oc4cc5cc[nH]c5nc4OC[C@H]4COCCN4C)c3)CC2)C1. The van der Waals surface area contributed by atoms with Crippen molar-refractivity contribution in [2.45, 2.75) is 126 Å². The van der Waals surface area contributed by atoms with E-state index in [-0.39, 0.29) is 71.0 Å². The Balaban J connectivity index is 0.847. The first-order valence-electron chi connectivity index (χ1n) is 26.8. The van der Waals surface area contributed by atoms with Crippen LogP contribution in [0, 0.1) is 21.4 Å². The Morgan fingerprint density at radius 1 is 0.987 bits per heavy atom. The van der Waals surface area contributed by atoms with Crippen LogP contribution in [-0.4, -0.2) is 128 Å². The maximum atomic E-state index is 14.5. The molecule has 5 fully saturated rings. The Hall–Kier alpha value is -5.99. The van der Waals surface area contributed by atoms with Gasteiger partial charge in [0.2, 0.25) is 0 Å². The molecular weight excluding hydrogens is 977 g/mol. The molecule has 3 saturated heterocycles. The molecule has 6 aliphatic rings. The van der Waals surface area contributed by atoms with E-state index in [1.807, 2.05) is 26.1 Å². The maximum absolute atomic E-state index is 14.5. The van der Waals surface area contributed by atoms with Crippen molar-refractivity contribution in [3.05, 3.63) is 99.7 Å². The van der Waals surface area contributed by atoms with Gasteiger partial charge in [-0.15, -0.1) is 0 Å². The van der Waals surface area contributed by atoms with Crippen LogP contribution in [-0.2, 0) is 14.8 Å². The number of nitro benzene ring substituents is 1. The zero-order chi connectivity index (χ0) is 52.2. The van der Waals surface area contributed by atoms with Crippen molar-refractivity contribution in [3.63, 3.8) is 0 Å². The summed E-state index contributed by atoms with van der Waals surface area (Å²) in [5.41, 5.74) is 3.30. The first kappa shape index (κ1) is 51.1. The predicted octanol–water partition coefficient (Wildman–Crippen LogP) is 8.92. The van der Waals surface area contributed by atoms with Crippen molar-refractivity contribution in [1.82, 2.24) is 24.5 Å². The van der Waals surface area contributed by atoms with Crippen molar-refractivity contribution in [1.29, 1.82) is 0 Å². The number of hydrogen-bond acceptors (Lipinski definition) is 15. The summed E-state index contributed by atoms with van der Waals surface area (Å²) >= 11 is 0. The van der Waals surface area contributed by atoms with Gasteiger partial charge in [-0.1, -0.05) is 38.1 Å². The highest BCUT2D eigenvalue weighted by atomic mass is 32.2. The summed E-state index contributed by atoms with van der Waals surface area (Å²) in [6, 6.07) is 20.6. The van der Waals surface area contributed by atoms with Crippen LogP contribution in [0.5, 0.6) is 23.1 Å². The molecule has 3 atom stereocenters. The maximum Gasteiger partial charge on any atom is 0.297 e. The number of nitrogens with zero attached hydrogens (tertiary/aromatic N) is 5. The van der Waals surface area contributed by atoms with E-state index in [1.165, 1.54) is 42.9 Å². The molecule has 1 amide bonds. The van der Waals surface area contributed by atoms with Crippen molar-refractivity contribution in [2.24, 2.45) is 11.3 Å². The molecule has 18 nitrogen and oxygen atoms in total. The van der Waals surface area contributed by atoms with E-state index in [0.717, 1.165) is 56.2 Å². The fourth-order valence-electron chi connectivity index (χ4n) is 12.7. The number of aromatic amines is 1. The van der Waals surface area contributed by atoms with E-state index in [2.05, 4.69) is 67.8 Å². The fraction of sp³-hybridized carbons (Fsp3) is 0.536. The monoisotopic (exact) mass is 1050 g/mol. The van der Waals surface area contributed by atoms with Crippen LogP contribution in [0.1, 0.15) is 118 Å². The molecule has 6 heterocycles. The summed E-state index contributed by atoms with van der Waals surface area (Å²) < 4.78 is 55.5. The van der Waals surface area contributed by atoms with Crippen LogP contribution in [0.25, 0.3) is 11.0 Å². The van der Waals surface area contributed by atoms with Gasteiger partial charge in [0.25, 0.3) is 27.5 Å². The molecule has 4 N–H and O–H groups in total. The van der Waals surface area contributed by atoms with Crippen LogP contribution in [0.4, 0.5) is 17.1 Å². The van der Waals surface area contributed by atoms with Crippen LogP contribution in [0.15, 0.2) is 77.8 Å². The number of ether oxygens (including phenoxy) is 4. The molecule has 1 spiro atoms. The van der Waals surface area contributed by atoms with E-state index < -0.39 is 37.0 Å². The number of aliphatic hydroxyl groups is 1. The Labute approximate surface area is 438 Å². The molecular formula is C56H70N8O10S. The molecule has 3 aromatic carbocycles. The van der Waals surface area contributed by atoms with Crippen LogP contribution in [0.3, 0.4) is 0 Å². The molecule has 0 bridgehead atoms. The lowest BCUT2D eigenvalue weighted by Gasteiger charge is -2.56. The van der Waals surface area contributed by atoms with Crippen molar-refractivity contribution < 1.29 is 42.2 Å². The van der Waals surface area contributed by atoms with Gasteiger partial charge < -0.3 is 39.3 Å². The molecule has 0 unspecified atom stereocenters. The van der Waals surface area contributed by atoms with Gasteiger partial charge in [-0.2, -0.15) is 4.98 Å². The highest BCUT2D eigenvalue weighted by Gasteiger charge is 2.50. The largest absolute Gasteiger partial charge is 0.489 e. The number of nitrogens with one attached hydrogen (secondary N) is 3.